The van der Waals surface area contributed by atoms with E-state index in [9.17, 15) is 25.5 Å². The maximum absolute atomic E-state index is 10.7. The molecule has 33 heavy (non-hydrogen) atoms. The smallest absolute Gasteiger partial charge is 0.229 e. The number of rotatable bonds is 6. The lowest BCUT2D eigenvalue weighted by atomic mass is 9.89. The Balaban J connectivity index is 1.50. The Labute approximate surface area is 190 Å². The van der Waals surface area contributed by atoms with Crippen LogP contribution >= 0.6 is 0 Å². The second-order valence-electron chi connectivity index (χ2n) is 8.04. The molecule has 0 amide bonds. The minimum Gasteiger partial charge on any atom is -0.504 e. The third kappa shape index (κ3) is 4.40. The van der Waals surface area contributed by atoms with Crippen LogP contribution in [0.15, 0.2) is 30.3 Å². The van der Waals surface area contributed by atoms with Crippen LogP contribution in [0.5, 0.6) is 28.7 Å². The highest BCUT2D eigenvalue weighted by atomic mass is 16.7. The van der Waals surface area contributed by atoms with Crippen molar-refractivity contribution in [3.05, 3.63) is 41.5 Å². The van der Waals surface area contributed by atoms with Crippen molar-refractivity contribution < 1.29 is 49.2 Å². The van der Waals surface area contributed by atoms with Gasteiger partial charge in [0.2, 0.25) is 12.0 Å². The third-order valence-electron chi connectivity index (χ3n) is 6.04. The van der Waals surface area contributed by atoms with Gasteiger partial charge in [-0.2, -0.15) is 0 Å². The minimum atomic E-state index is -1.52. The van der Waals surface area contributed by atoms with E-state index in [1.807, 2.05) is 0 Å². The SMILES string of the molecule is COc1ccc(C2COc3cc(OC4O[C@H](CO)[C@@H](O)[C@H](O)[C@H]4O)ccc3C2)c(O)c1OC. The Morgan fingerprint density at radius 1 is 1.00 bits per heavy atom. The molecule has 2 aliphatic rings. The Hall–Kier alpha value is -2.76. The molecule has 180 valence electrons. The lowest BCUT2D eigenvalue weighted by molar-refractivity contribution is -0.277. The molecule has 0 bridgehead atoms. The monoisotopic (exact) mass is 464 g/mol. The molecular weight excluding hydrogens is 436 g/mol. The first-order valence-electron chi connectivity index (χ1n) is 10.5. The maximum Gasteiger partial charge on any atom is 0.229 e. The van der Waals surface area contributed by atoms with Crippen molar-refractivity contribution >= 4 is 0 Å². The average Bonchev–Trinajstić information content (AvgIpc) is 2.83. The number of aliphatic hydroxyl groups is 4. The molecule has 1 fully saturated rings. The molecule has 0 saturated carbocycles. The lowest BCUT2D eigenvalue weighted by Crippen LogP contribution is -2.60. The highest BCUT2D eigenvalue weighted by molar-refractivity contribution is 5.57. The molecular formula is C23H28O10. The first kappa shape index (κ1) is 23.4. The highest BCUT2D eigenvalue weighted by Crippen LogP contribution is 2.44. The lowest BCUT2D eigenvalue weighted by Gasteiger charge is -2.39. The van der Waals surface area contributed by atoms with E-state index in [1.165, 1.54) is 14.2 Å². The van der Waals surface area contributed by atoms with Gasteiger partial charge in [0, 0.05) is 17.5 Å². The highest BCUT2D eigenvalue weighted by Gasteiger charge is 2.44. The number of hydrogen-bond donors (Lipinski definition) is 5. The molecule has 5 N–H and O–H groups in total. The molecule has 0 aliphatic carbocycles. The quantitative estimate of drug-likeness (QED) is 0.405. The van der Waals surface area contributed by atoms with Crippen LogP contribution in [0.3, 0.4) is 0 Å². The van der Waals surface area contributed by atoms with E-state index < -0.39 is 37.3 Å². The van der Waals surface area contributed by atoms with Crippen LogP contribution < -0.4 is 18.9 Å². The molecule has 10 nitrogen and oxygen atoms in total. The third-order valence-corrected chi connectivity index (χ3v) is 6.04. The summed E-state index contributed by atoms with van der Waals surface area (Å²) in [7, 11) is 2.96. The van der Waals surface area contributed by atoms with E-state index in [0.717, 1.165) is 5.56 Å². The summed E-state index contributed by atoms with van der Waals surface area (Å²) in [5.74, 6) is 1.50. The molecule has 2 heterocycles. The predicted molar refractivity (Wildman–Crippen MR) is 114 cm³/mol. The van der Waals surface area contributed by atoms with Gasteiger partial charge in [-0.05, 0) is 24.1 Å². The Kier molecular flexibility index (Phi) is 6.82. The molecule has 4 rings (SSSR count). The molecule has 0 radical (unpaired) electrons. The maximum atomic E-state index is 10.7. The van der Waals surface area contributed by atoms with Crippen molar-refractivity contribution in [1.82, 2.24) is 0 Å². The van der Waals surface area contributed by atoms with Crippen molar-refractivity contribution in [2.75, 3.05) is 27.4 Å². The van der Waals surface area contributed by atoms with Gasteiger partial charge in [0.25, 0.3) is 0 Å². The number of phenols is 1. The number of phenolic OH excluding ortho intramolecular Hbond substituents is 1. The van der Waals surface area contributed by atoms with Crippen LogP contribution in [0.4, 0.5) is 0 Å². The van der Waals surface area contributed by atoms with E-state index in [-0.39, 0.29) is 17.4 Å². The summed E-state index contributed by atoms with van der Waals surface area (Å²) in [6.45, 7) is -0.234. The van der Waals surface area contributed by atoms with Gasteiger partial charge in [-0.3, -0.25) is 0 Å². The van der Waals surface area contributed by atoms with Crippen molar-refractivity contribution in [1.29, 1.82) is 0 Å². The van der Waals surface area contributed by atoms with E-state index in [1.54, 1.807) is 30.3 Å². The van der Waals surface area contributed by atoms with Crippen LogP contribution in [0, 0.1) is 0 Å². The molecule has 1 saturated heterocycles. The number of aliphatic hydroxyl groups excluding tert-OH is 4. The second-order valence-corrected chi connectivity index (χ2v) is 8.04. The largest absolute Gasteiger partial charge is 0.504 e. The molecule has 0 aromatic heterocycles. The summed E-state index contributed by atoms with van der Waals surface area (Å²) in [5, 5.41) is 50.0. The van der Waals surface area contributed by atoms with Crippen molar-refractivity contribution in [3.63, 3.8) is 0 Å². The fourth-order valence-electron chi connectivity index (χ4n) is 4.18. The zero-order valence-electron chi connectivity index (χ0n) is 18.2. The number of fused-ring (bicyclic) bond motifs is 1. The van der Waals surface area contributed by atoms with Crippen molar-refractivity contribution in [3.8, 4) is 28.7 Å². The standard InChI is InChI=1S/C23H28O10/c1-29-15-6-5-14(18(25)22(15)30-2)12-7-11-3-4-13(8-16(11)31-10-12)32-23-21(28)20(27)19(26)17(9-24)33-23/h3-6,8,12,17,19-21,23-28H,7,9-10H2,1-2H3/t12?,17-,19-,20+,21-,23?/m1/s1. The summed E-state index contributed by atoms with van der Waals surface area (Å²) >= 11 is 0. The number of hydrogen-bond acceptors (Lipinski definition) is 10. The van der Waals surface area contributed by atoms with Gasteiger partial charge in [0.05, 0.1) is 27.4 Å². The molecule has 2 aromatic rings. The van der Waals surface area contributed by atoms with Crippen LogP contribution in [0.2, 0.25) is 0 Å². The van der Waals surface area contributed by atoms with Crippen LogP contribution in [-0.2, 0) is 11.2 Å². The van der Waals surface area contributed by atoms with Gasteiger partial charge in [-0.25, -0.2) is 0 Å². The minimum absolute atomic E-state index is 0.0106. The fraction of sp³-hybridized carbons (Fsp3) is 0.478. The summed E-state index contributed by atoms with van der Waals surface area (Å²) in [5.41, 5.74) is 1.57. The van der Waals surface area contributed by atoms with Gasteiger partial charge in [-0.1, -0.05) is 12.1 Å². The molecule has 2 aliphatic heterocycles. The number of aromatic hydroxyl groups is 1. The predicted octanol–water partition coefficient (Wildman–Crippen LogP) is 0.307. The van der Waals surface area contributed by atoms with E-state index in [0.29, 0.717) is 35.8 Å². The van der Waals surface area contributed by atoms with Crippen LogP contribution in [0.25, 0.3) is 0 Å². The van der Waals surface area contributed by atoms with Crippen LogP contribution in [0.1, 0.15) is 17.0 Å². The zero-order chi connectivity index (χ0) is 23.7. The molecule has 2 aromatic carbocycles. The molecule has 2 unspecified atom stereocenters. The number of benzene rings is 2. The first-order chi connectivity index (χ1) is 15.9. The molecule has 0 spiro atoms. The van der Waals surface area contributed by atoms with Gasteiger partial charge < -0.3 is 49.2 Å². The normalized spacial score (nSPS) is 29.0. The van der Waals surface area contributed by atoms with Crippen molar-refractivity contribution in [2.45, 2.75) is 43.0 Å². The Bertz CT molecular complexity index is 978. The van der Waals surface area contributed by atoms with Gasteiger partial charge in [0.1, 0.15) is 35.9 Å². The Morgan fingerprint density at radius 3 is 2.48 bits per heavy atom. The molecule has 10 heteroatoms. The van der Waals surface area contributed by atoms with Crippen molar-refractivity contribution in [2.24, 2.45) is 0 Å². The summed E-state index contributed by atoms with van der Waals surface area (Å²) in [6.07, 6.45) is -6.22. The topological polar surface area (TPSA) is 147 Å². The number of ether oxygens (including phenoxy) is 5. The fourth-order valence-corrected chi connectivity index (χ4v) is 4.18. The Morgan fingerprint density at radius 2 is 1.79 bits per heavy atom. The number of methoxy groups -OCH3 is 2. The first-order valence-corrected chi connectivity index (χ1v) is 10.5. The van der Waals surface area contributed by atoms with E-state index >= 15 is 0 Å². The average molecular weight is 464 g/mol. The summed E-state index contributed by atoms with van der Waals surface area (Å²) in [4.78, 5) is 0. The molecule has 6 atom stereocenters. The second kappa shape index (κ2) is 9.62. The summed E-state index contributed by atoms with van der Waals surface area (Å²) < 4.78 is 27.5. The zero-order valence-corrected chi connectivity index (χ0v) is 18.2. The van der Waals surface area contributed by atoms with Gasteiger partial charge in [-0.15, -0.1) is 0 Å². The van der Waals surface area contributed by atoms with Gasteiger partial charge >= 0.3 is 0 Å². The summed E-state index contributed by atoms with van der Waals surface area (Å²) in [6, 6.07) is 8.63. The van der Waals surface area contributed by atoms with E-state index in [2.05, 4.69) is 0 Å². The van der Waals surface area contributed by atoms with E-state index in [4.69, 9.17) is 23.7 Å². The van der Waals surface area contributed by atoms with Crippen LogP contribution in [-0.4, -0.2) is 83.7 Å². The van der Waals surface area contributed by atoms with Gasteiger partial charge in [0.15, 0.2) is 11.5 Å².